The molecule has 3 aromatic carbocycles. The van der Waals surface area contributed by atoms with Gasteiger partial charge in [0.05, 0.1) is 19.8 Å². The molecule has 5 heteroatoms. The largest absolute Gasteiger partial charge is 0.493 e. The molecule has 0 aromatic heterocycles. The second kappa shape index (κ2) is 17.8. The second-order valence-electron chi connectivity index (χ2n) is 12.1. The van der Waals surface area contributed by atoms with Crippen LogP contribution in [0.3, 0.4) is 0 Å². The molecule has 1 atom stereocenters. The number of benzene rings is 3. The number of aliphatic hydroxyl groups excluding tert-OH is 1. The molecular weight excluding hydrogens is 546 g/mol. The average Bonchev–Trinajstić information content (AvgIpc) is 3.05. The first-order valence-electron chi connectivity index (χ1n) is 16.4. The fraction of sp³-hybridized carbons (Fsp3) is 0.462. The summed E-state index contributed by atoms with van der Waals surface area (Å²) in [6, 6.07) is 21.9. The molecule has 0 heterocycles. The molecule has 5 nitrogen and oxygen atoms in total. The van der Waals surface area contributed by atoms with E-state index in [0.29, 0.717) is 25.1 Å². The highest BCUT2D eigenvalue weighted by atomic mass is 16.5. The SMILES string of the molecule is C=C(C)C(=O)OCCc1cc(-c2ccc(-c3ccc(CCCCC)cc3)cc2CC)ccc1OCC(CN)(CO)CCCC. The Morgan fingerprint density at radius 1 is 0.864 bits per heavy atom. The number of hydrogen-bond donors (Lipinski definition) is 2. The Morgan fingerprint density at radius 2 is 1.55 bits per heavy atom. The van der Waals surface area contributed by atoms with E-state index in [4.69, 9.17) is 15.2 Å². The van der Waals surface area contributed by atoms with Crippen molar-refractivity contribution in [3.8, 4) is 28.0 Å². The number of nitrogens with two attached hydrogens (primary N) is 1. The van der Waals surface area contributed by atoms with Gasteiger partial charge in [0.25, 0.3) is 0 Å². The smallest absolute Gasteiger partial charge is 0.333 e. The van der Waals surface area contributed by atoms with Gasteiger partial charge in [0.1, 0.15) is 5.75 Å². The molecule has 0 spiro atoms. The molecule has 3 rings (SSSR count). The molecule has 0 saturated carbocycles. The van der Waals surface area contributed by atoms with Gasteiger partial charge in [-0.2, -0.15) is 0 Å². The van der Waals surface area contributed by atoms with Crippen LogP contribution in [0.15, 0.2) is 72.8 Å². The van der Waals surface area contributed by atoms with Gasteiger partial charge in [0.2, 0.25) is 0 Å². The molecule has 0 bridgehead atoms. The van der Waals surface area contributed by atoms with Gasteiger partial charge >= 0.3 is 5.97 Å². The molecule has 0 amide bonds. The van der Waals surface area contributed by atoms with Crippen LogP contribution in [-0.4, -0.2) is 37.4 Å². The molecule has 238 valence electrons. The van der Waals surface area contributed by atoms with Crippen molar-refractivity contribution in [2.75, 3.05) is 26.4 Å². The van der Waals surface area contributed by atoms with Crippen molar-refractivity contribution in [2.45, 2.75) is 85.5 Å². The highest BCUT2D eigenvalue weighted by molar-refractivity contribution is 5.86. The number of carbonyl (C=O) groups is 1. The van der Waals surface area contributed by atoms with E-state index < -0.39 is 11.4 Å². The van der Waals surface area contributed by atoms with Gasteiger partial charge in [-0.05, 0) is 83.7 Å². The summed E-state index contributed by atoms with van der Waals surface area (Å²) in [6.45, 7) is 12.8. The van der Waals surface area contributed by atoms with E-state index in [1.165, 1.54) is 47.1 Å². The third-order valence-corrected chi connectivity index (χ3v) is 8.53. The number of ether oxygens (including phenoxy) is 2. The number of carbonyl (C=O) groups excluding carboxylic acids is 1. The monoisotopic (exact) mass is 599 g/mol. The summed E-state index contributed by atoms with van der Waals surface area (Å²) in [4.78, 5) is 12.1. The summed E-state index contributed by atoms with van der Waals surface area (Å²) in [5.41, 5.74) is 14.3. The Balaban J connectivity index is 1.89. The zero-order chi connectivity index (χ0) is 32.0. The van der Waals surface area contributed by atoms with E-state index in [1.54, 1.807) is 6.92 Å². The number of aliphatic hydroxyl groups is 1. The van der Waals surface area contributed by atoms with Crippen molar-refractivity contribution in [1.82, 2.24) is 0 Å². The number of unbranched alkanes of at least 4 members (excludes halogenated alkanes) is 3. The summed E-state index contributed by atoms with van der Waals surface area (Å²) in [6.07, 6.45) is 9.07. The predicted octanol–water partition coefficient (Wildman–Crippen LogP) is 8.48. The molecule has 0 saturated heterocycles. The lowest BCUT2D eigenvalue weighted by Crippen LogP contribution is -2.40. The molecule has 0 aliphatic heterocycles. The first-order valence-corrected chi connectivity index (χ1v) is 16.4. The molecule has 3 aromatic rings. The van der Waals surface area contributed by atoms with E-state index in [9.17, 15) is 9.90 Å². The summed E-state index contributed by atoms with van der Waals surface area (Å²) in [5, 5.41) is 10.2. The molecule has 1 unspecified atom stereocenters. The highest BCUT2D eigenvalue weighted by Gasteiger charge is 2.29. The van der Waals surface area contributed by atoms with Crippen LogP contribution < -0.4 is 10.5 Å². The fourth-order valence-corrected chi connectivity index (χ4v) is 5.46. The first kappa shape index (κ1) is 35.1. The Kier molecular flexibility index (Phi) is 14.2. The van der Waals surface area contributed by atoms with Gasteiger partial charge in [-0.3, -0.25) is 0 Å². The van der Waals surface area contributed by atoms with E-state index in [-0.39, 0.29) is 13.2 Å². The van der Waals surface area contributed by atoms with Crippen LogP contribution in [0.25, 0.3) is 22.3 Å². The van der Waals surface area contributed by atoms with E-state index in [0.717, 1.165) is 49.0 Å². The fourth-order valence-electron chi connectivity index (χ4n) is 5.46. The van der Waals surface area contributed by atoms with Crippen LogP contribution in [-0.2, 0) is 28.8 Å². The van der Waals surface area contributed by atoms with Gasteiger partial charge in [-0.1, -0.05) is 102 Å². The Bertz CT molecular complexity index is 1340. The minimum Gasteiger partial charge on any atom is -0.493 e. The molecule has 0 aliphatic carbocycles. The highest BCUT2D eigenvalue weighted by Crippen LogP contribution is 2.34. The minimum atomic E-state index is -0.489. The van der Waals surface area contributed by atoms with Crippen LogP contribution in [0.1, 0.15) is 82.9 Å². The van der Waals surface area contributed by atoms with Crippen LogP contribution in [0.4, 0.5) is 0 Å². The van der Waals surface area contributed by atoms with Gasteiger partial charge < -0.3 is 20.3 Å². The van der Waals surface area contributed by atoms with Crippen LogP contribution in [0.5, 0.6) is 5.75 Å². The summed E-state index contributed by atoms with van der Waals surface area (Å²) in [7, 11) is 0. The molecule has 0 fully saturated rings. The third-order valence-electron chi connectivity index (χ3n) is 8.53. The third kappa shape index (κ3) is 9.80. The van der Waals surface area contributed by atoms with Crippen molar-refractivity contribution in [2.24, 2.45) is 11.1 Å². The lowest BCUT2D eigenvalue weighted by molar-refractivity contribution is -0.138. The zero-order valence-electron chi connectivity index (χ0n) is 27.4. The van der Waals surface area contributed by atoms with E-state index >= 15 is 0 Å². The van der Waals surface area contributed by atoms with Crippen LogP contribution >= 0.6 is 0 Å². The Morgan fingerprint density at radius 3 is 2.18 bits per heavy atom. The number of aryl methyl sites for hydroxylation is 2. The van der Waals surface area contributed by atoms with Gasteiger partial charge in [-0.25, -0.2) is 4.79 Å². The maximum atomic E-state index is 12.1. The van der Waals surface area contributed by atoms with Gasteiger partial charge in [0.15, 0.2) is 0 Å². The van der Waals surface area contributed by atoms with Gasteiger partial charge in [0, 0.05) is 24.0 Å². The van der Waals surface area contributed by atoms with Crippen LogP contribution in [0.2, 0.25) is 0 Å². The Labute approximate surface area is 265 Å². The van der Waals surface area contributed by atoms with E-state index in [2.05, 4.69) is 81.9 Å². The van der Waals surface area contributed by atoms with Crippen molar-refractivity contribution in [3.05, 3.63) is 89.5 Å². The lowest BCUT2D eigenvalue weighted by atomic mass is 9.84. The molecule has 44 heavy (non-hydrogen) atoms. The molecular formula is C39H53NO4. The number of hydrogen-bond acceptors (Lipinski definition) is 5. The van der Waals surface area contributed by atoms with Crippen LogP contribution in [0, 0.1) is 5.41 Å². The lowest BCUT2D eigenvalue weighted by Gasteiger charge is -2.30. The maximum absolute atomic E-state index is 12.1. The Hall–Kier alpha value is -3.41. The van der Waals surface area contributed by atoms with Crippen molar-refractivity contribution >= 4 is 5.97 Å². The zero-order valence-corrected chi connectivity index (χ0v) is 27.4. The normalized spacial score (nSPS) is 12.5. The van der Waals surface area contributed by atoms with Crippen molar-refractivity contribution in [1.29, 1.82) is 0 Å². The second-order valence-corrected chi connectivity index (χ2v) is 12.1. The molecule has 0 aliphatic rings. The van der Waals surface area contributed by atoms with E-state index in [1.807, 2.05) is 6.07 Å². The first-order chi connectivity index (χ1) is 21.3. The minimum absolute atomic E-state index is 0.0269. The summed E-state index contributed by atoms with van der Waals surface area (Å²) < 4.78 is 11.8. The standard InChI is InChI=1S/C39H53NO4/c1-6-9-11-12-30-13-15-32(16-14-30)33-17-19-36(31(8-3)24-33)34-18-20-37(35(25-34)21-23-43-38(42)29(4)5)44-28-39(26-40,27-41)22-10-7-2/h13-20,24-25,41H,4,6-12,21-23,26-28,40H2,1-3,5H3. The summed E-state index contributed by atoms with van der Waals surface area (Å²) >= 11 is 0. The molecule has 0 radical (unpaired) electrons. The van der Waals surface area contributed by atoms with Crippen molar-refractivity contribution in [3.63, 3.8) is 0 Å². The van der Waals surface area contributed by atoms with Gasteiger partial charge in [-0.15, -0.1) is 0 Å². The quantitative estimate of drug-likeness (QED) is 0.0820. The van der Waals surface area contributed by atoms with Crippen molar-refractivity contribution < 1.29 is 19.4 Å². The number of rotatable bonds is 19. The maximum Gasteiger partial charge on any atom is 0.333 e. The summed E-state index contributed by atoms with van der Waals surface area (Å²) in [5.74, 6) is 0.320. The predicted molar refractivity (Wildman–Crippen MR) is 183 cm³/mol. The average molecular weight is 600 g/mol. The topological polar surface area (TPSA) is 81.8 Å². The molecule has 3 N–H and O–H groups in total. The number of esters is 1.